The first kappa shape index (κ1) is 52.5. The van der Waals surface area contributed by atoms with Crippen molar-refractivity contribution in [1.82, 2.24) is 0 Å². The van der Waals surface area contributed by atoms with Crippen LogP contribution >= 0.6 is 0 Å². The molecule has 0 saturated carbocycles. The SMILES string of the molecule is C=C(C)C.C=C(C)CC.CC.CC.CCCCC(C)C.CCc1ccc(C)c(C(C)CC(C)C(C)CC)c1.Cc1ccccc1. The molecule has 2 rings (SSSR count). The van der Waals surface area contributed by atoms with Gasteiger partial charge in [0.1, 0.15) is 0 Å². The van der Waals surface area contributed by atoms with Gasteiger partial charge in [0, 0.05) is 0 Å². The predicted molar refractivity (Wildman–Crippen MR) is 216 cm³/mol. The van der Waals surface area contributed by atoms with Gasteiger partial charge >= 0.3 is 0 Å². The summed E-state index contributed by atoms with van der Waals surface area (Å²) in [6.45, 7) is 46.1. The molecule has 0 aliphatic rings. The van der Waals surface area contributed by atoms with E-state index in [0.717, 1.165) is 30.6 Å². The summed E-state index contributed by atoms with van der Waals surface area (Å²) < 4.78 is 0. The van der Waals surface area contributed by atoms with Crippen LogP contribution in [0.5, 0.6) is 0 Å². The molecular weight excluding hydrogens is 540 g/mol. The lowest BCUT2D eigenvalue weighted by Gasteiger charge is -2.24. The second-order valence-corrected chi connectivity index (χ2v) is 12.8. The maximum atomic E-state index is 3.67. The van der Waals surface area contributed by atoms with Gasteiger partial charge in [0.05, 0.1) is 0 Å². The monoisotopic (exact) mass is 625 g/mol. The molecule has 0 nitrogen and oxygen atoms in total. The van der Waals surface area contributed by atoms with Crippen molar-refractivity contribution in [2.75, 3.05) is 0 Å². The van der Waals surface area contributed by atoms with E-state index in [4.69, 9.17) is 0 Å². The van der Waals surface area contributed by atoms with E-state index in [-0.39, 0.29) is 0 Å². The Hall–Kier alpha value is -2.08. The normalized spacial score (nSPS) is 11.2. The van der Waals surface area contributed by atoms with Crippen molar-refractivity contribution >= 4 is 0 Å². The minimum atomic E-state index is 0.681. The number of hydrogen-bond acceptors (Lipinski definition) is 0. The van der Waals surface area contributed by atoms with Gasteiger partial charge in [0.2, 0.25) is 0 Å². The van der Waals surface area contributed by atoms with Crippen molar-refractivity contribution < 1.29 is 0 Å². The van der Waals surface area contributed by atoms with Crippen LogP contribution in [0, 0.1) is 31.6 Å². The molecule has 3 unspecified atom stereocenters. The number of rotatable bonds is 10. The summed E-state index contributed by atoms with van der Waals surface area (Å²) in [5.41, 5.74) is 8.23. The molecule has 2 aromatic carbocycles. The van der Waals surface area contributed by atoms with Crippen LogP contribution in [0.25, 0.3) is 0 Å². The maximum Gasteiger partial charge on any atom is -0.0185 e. The fourth-order valence-corrected chi connectivity index (χ4v) is 3.91. The molecule has 0 heterocycles. The van der Waals surface area contributed by atoms with Crippen LogP contribution < -0.4 is 0 Å². The lowest BCUT2D eigenvalue weighted by molar-refractivity contribution is 0.336. The largest absolute Gasteiger partial charge is 0.100 e. The summed E-state index contributed by atoms with van der Waals surface area (Å²) in [4.78, 5) is 0. The van der Waals surface area contributed by atoms with Crippen molar-refractivity contribution in [2.45, 2.75) is 175 Å². The zero-order valence-electron chi connectivity index (χ0n) is 34.3. The van der Waals surface area contributed by atoms with Crippen LogP contribution in [0.2, 0.25) is 0 Å². The van der Waals surface area contributed by atoms with E-state index in [9.17, 15) is 0 Å². The van der Waals surface area contributed by atoms with Gasteiger partial charge < -0.3 is 0 Å². The molecule has 0 heteroatoms. The molecule has 3 atom stereocenters. The van der Waals surface area contributed by atoms with Gasteiger partial charge in [-0.25, -0.2) is 0 Å². The minimum absolute atomic E-state index is 0.681. The van der Waals surface area contributed by atoms with Gasteiger partial charge in [0.25, 0.3) is 0 Å². The van der Waals surface area contributed by atoms with E-state index in [1.807, 2.05) is 66.7 Å². The van der Waals surface area contributed by atoms with Crippen LogP contribution in [0.15, 0.2) is 72.8 Å². The Morgan fingerprint density at radius 3 is 1.47 bits per heavy atom. The molecule has 0 aliphatic carbocycles. The first-order valence-electron chi connectivity index (χ1n) is 18.5. The Labute approximate surface area is 287 Å². The van der Waals surface area contributed by atoms with Crippen molar-refractivity contribution in [3.63, 3.8) is 0 Å². The third kappa shape index (κ3) is 39.9. The fraction of sp³-hybridized carbons (Fsp3) is 0.644. The van der Waals surface area contributed by atoms with Gasteiger partial charge in [-0.3, -0.25) is 0 Å². The molecule has 2 aromatic rings. The highest BCUT2D eigenvalue weighted by Crippen LogP contribution is 2.30. The molecule has 0 bridgehead atoms. The maximum absolute atomic E-state index is 3.67. The van der Waals surface area contributed by atoms with Crippen molar-refractivity contribution in [2.24, 2.45) is 17.8 Å². The smallest absolute Gasteiger partial charge is 0.0185 e. The number of allylic oxidation sites excluding steroid dienone is 2. The van der Waals surface area contributed by atoms with Crippen LogP contribution in [0.3, 0.4) is 0 Å². The molecule has 264 valence electrons. The second-order valence-electron chi connectivity index (χ2n) is 12.8. The second kappa shape index (κ2) is 38.1. The highest BCUT2D eigenvalue weighted by molar-refractivity contribution is 5.33. The molecule has 0 aromatic heterocycles. The van der Waals surface area contributed by atoms with Crippen LogP contribution in [-0.4, -0.2) is 0 Å². The van der Waals surface area contributed by atoms with E-state index in [1.165, 1.54) is 59.9 Å². The summed E-state index contributed by atoms with van der Waals surface area (Å²) in [5.74, 6) is 3.23. The zero-order chi connectivity index (χ0) is 36.4. The molecule has 45 heavy (non-hydrogen) atoms. The van der Waals surface area contributed by atoms with Crippen LogP contribution in [0.1, 0.15) is 177 Å². The van der Waals surface area contributed by atoms with E-state index < -0.39 is 0 Å². The lowest BCUT2D eigenvalue weighted by atomic mass is 9.82. The van der Waals surface area contributed by atoms with Gasteiger partial charge in [-0.1, -0.05) is 181 Å². The van der Waals surface area contributed by atoms with E-state index in [0.29, 0.717) is 5.92 Å². The number of benzene rings is 2. The molecule has 0 spiro atoms. The van der Waals surface area contributed by atoms with E-state index >= 15 is 0 Å². The third-order valence-corrected chi connectivity index (χ3v) is 7.30. The lowest BCUT2D eigenvalue weighted by Crippen LogP contribution is -2.11. The summed E-state index contributed by atoms with van der Waals surface area (Å²) in [6, 6.07) is 17.2. The fourth-order valence-electron chi connectivity index (χ4n) is 3.91. The Balaban J connectivity index is -0.000000164. The summed E-state index contributed by atoms with van der Waals surface area (Å²) >= 11 is 0. The number of unbranched alkanes of at least 4 members (excludes halogenated alkanes) is 1. The number of hydrogen-bond donors (Lipinski definition) is 0. The first-order chi connectivity index (χ1) is 21.2. The summed E-state index contributed by atoms with van der Waals surface area (Å²) in [6.07, 6.45) is 9.00. The Morgan fingerprint density at radius 1 is 0.711 bits per heavy atom. The first-order valence-corrected chi connectivity index (χ1v) is 18.5. The topological polar surface area (TPSA) is 0 Å². The highest BCUT2D eigenvalue weighted by atomic mass is 14.2. The molecule has 0 amide bonds. The average Bonchev–Trinajstić information content (AvgIpc) is 3.02. The Bertz CT molecular complexity index is 866. The zero-order valence-corrected chi connectivity index (χ0v) is 34.3. The van der Waals surface area contributed by atoms with E-state index in [2.05, 4.69) is 120 Å². The summed E-state index contributed by atoms with van der Waals surface area (Å²) in [7, 11) is 0. The molecule has 0 N–H and O–H groups in total. The van der Waals surface area contributed by atoms with E-state index in [1.54, 1.807) is 5.56 Å². The molecule has 0 saturated heterocycles. The minimum Gasteiger partial charge on any atom is -0.100 e. The van der Waals surface area contributed by atoms with Gasteiger partial charge in [-0.2, -0.15) is 0 Å². The van der Waals surface area contributed by atoms with Gasteiger partial charge in [-0.05, 0) is 94.2 Å². The molecular formula is C45H84. The van der Waals surface area contributed by atoms with Gasteiger partial charge in [-0.15, -0.1) is 13.2 Å². The standard InChI is InChI=1S/C18H30.C7H8.C7H16.C5H10.C4H8.2C2H6/c1-7-13(3)15(5)11-16(6)18-12-17(8-2)10-9-14(18)4;1-7-5-3-2-4-6-7;1-4-5-6-7(2)3;1-4-5(2)3;1-4(2)3;2*1-2/h9-10,12-13,15-16H,7-8,11H2,1-6H3;2-6H,1H3;7H,4-6H2,1-3H3;2,4H2,1,3H3;1H2,2-3H3;2*1-2H3. The highest BCUT2D eigenvalue weighted by Gasteiger charge is 2.16. The van der Waals surface area contributed by atoms with Crippen LogP contribution in [-0.2, 0) is 6.42 Å². The Kier molecular flexibility index (Phi) is 44.4. The van der Waals surface area contributed by atoms with Crippen molar-refractivity contribution in [3.8, 4) is 0 Å². The Morgan fingerprint density at radius 2 is 1.18 bits per heavy atom. The third-order valence-electron chi connectivity index (χ3n) is 7.30. The molecule has 0 fully saturated rings. The molecule has 0 aliphatic heterocycles. The quantitative estimate of drug-likeness (QED) is 0.231. The molecule has 0 radical (unpaired) electrons. The predicted octanol–water partition coefficient (Wildman–Crippen LogP) is 16.2. The van der Waals surface area contributed by atoms with Gasteiger partial charge in [0.15, 0.2) is 0 Å². The average molecular weight is 625 g/mol. The van der Waals surface area contributed by atoms with Crippen molar-refractivity contribution in [1.29, 1.82) is 0 Å². The van der Waals surface area contributed by atoms with Crippen molar-refractivity contribution in [3.05, 3.63) is 95.1 Å². The van der Waals surface area contributed by atoms with Crippen LogP contribution in [0.4, 0.5) is 0 Å². The summed E-state index contributed by atoms with van der Waals surface area (Å²) in [5, 5.41) is 0. The number of aryl methyl sites for hydroxylation is 3.